The lowest BCUT2D eigenvalue weighted by atomic mass is 9.80. The molecule has 2 unspecified atom stereocenters. The fourth-order valence-corrected chi connectivity index (χ4v) is 4.77. The van der Waals surface area contributed by atoms with Crippen molar-refractivity contribution in [1.29, 1.82) is 0 Å². The van der Waals surface area contributed by atoms with Crippen molar-refractivity contribution in [1.82, 2.24) is 4.90 Å². The van der Waals surface area contributed by atoms with Crippen molar-refractivity contribution in [3.05, 3.63) is 73.7 Å². The van der Waals surface area contributed by atoms with Gasteiger partial charge in [0.1, 0.15) is 0 Å². The number of nitro groups is 1. The van der Waals surface area contributed by atoms with E-state index in [1.54, 1.807) is 12.1 Å². The zero-order chi connectivity index (χ0) is 17.4. The van der Waals surface area contributed by atoms with E-state index in [1.165, 1.54) is 29.5 Å². The molecule has 0 N–H and O–H groups in total. The van der Waals surface area contributed by atoms with Crippen molar-refractivity contribution in [2.24, 2.45) is 5.92 Å². The molecule has 5 rings (SSSR count). The Balaban J connectivity index is 0.00000196. The van der Waals surface area contributed by atoms with Gasteiger partial charge in [-0.1, -0.05) is 34.1 Å². The van der Waals surface area contributed by atoms with Crippen molar-refractivity contribution < 1.29 is 4.92 Å². The molecular weight excluding hydrogens is 416 g/mol. The number of fused-ring (bicyclic) bond motifs is 2. The Bertz CT molecular complexity index is 814. The third kappa shape index (κ3) is 4.11. The predicted molar refractivity (Wildman–Crippen MR) is 109 cm³/mol. The number of hydrogen-bond donors (Lipinski definition) is 0. The maximum Gasteiger partial charge on any atom is 0.269 e. The number of hydrogen-bond acceptors (Lipinski definition) is 3. The van der Waals surface area contributed by atoms with Gasteiger partial charge in [0.25, 0.3) is 5.69 Å². The second-order valence-electron chi connectivity index (χ2n) is 7.27. The van der Waals surface area contributed by atoms with Gasteiger partial charge in [-0.15, -0.1) is 12.4 Å². The molecule has 0 amide bonds. The molecule has 2 aliphatic heterocycles. The Labute approximate surface area is 168 Å². The van der Waals surface area contributed by atoms with Gasteiger partial charge in [-0.3, -0.25) is 15.0 Å². The highest BCUT2D eigenvalue weighted by atomic mass is 79.9. The third-order valence-corrected chi connectivity index (χ3v) is 6.05. The van der Waals surface area contributed by atoms with Gasteiger partial charge in [0.05, 0.1) is 4.92 Å². The van der Waals surface area contributed by atoms with Crippen LogP contribution in [0.5, 0.6) is 0 Å². The zero-order valence-corrected chi connectivity index (χ0v) is 16.8. The lowest BCUT2D eigenvalue weighted by molar-refractivity contribution is -0.384. The van der Waals surface area contributed by atoms with Crippen LogP contribution in [0.2, 0.25) is 0 Å². The minimum absolute atomic E-state index is 0. The molecule has 1 aliphatic carbocycles. The van der Waals surface area contributed by atoms with E-state index in [-0.39, 0.29) is 23.0 Å². The fraction of sp³-hybridized carbons (Fsp3) is 0.400. The van der Waals surface area contributed by atoms with Gasteiger partial charge in [0, 0.05) is 35.7 Å². The number of halogens is 2. The van der Waals surface area contributed by atoms with Crippen LogP contribution >= 0.6 is 28.3 Å². The highest BCUT2D eigenvalue weighted by Crippen LogP contribution is 2.34. The van der Waals surface area contributed by atoms with Gasteiger partial charge in [-0.05, 0) is 60.4 Å². The number of piperidine rings is 1. The number of non-ortho nitro benzene ring substituents is 1. The largest absolute Gasteiger partial charge is 0.296 e. The van der Waals surface area contributed by atoms with Gasteiger partial charge in [0.15, 0.2) is 0 Å². The lowest BCUT2D eigenvalue weighted by Gasteiger charge is -2.42. The van der Waals surface area contributed by atoms with Crippen molar-refractivity contribution in [2.75, 3.05) is 6.54 Å². The summed E-state index contributed by atoms with van der Waals surface area (Å²) in [5.41, 5.74) is 4.01. The topological polar surface area (TPSA) is 46.4 Å². The van der Waals surface area contributed by atoms with E-state index in [4.69, 9.17) is 0 Å². The molecule has 4 nitrogen and oxygen atoms in total. The van der Waals surface area contributed by atoms with Crippen molar-refractivity contribution in [3.63, 3.8) is 0 Å². The standard InChI is InChI=1S/C20H21BrN2O2.ClH/c21-18-3-1-2-14(9-18)12-22-13-15-4-6-19(22)10-17-11-20(23(24)25)7-5-16(17)8-15;/h1-3,5,7,9,11,15,19H,4,6,8,10,12-13H2;1H. The number of rotatable bonds is 3. The first-order chi connectivity index (χ1) is 12.1. The molecule has 2 bridgehead atoms. The molecule has 6 heteroatoms. The number of benzene rings is 2. The van der Waals surface area contributed by atoms with Crippen molar-refractivity contribution >= 4 is 34.0 Å². The minimum Gasteiger partial charge on any atom is -0.296 e. The zero-order valence-electron chi connectivity index (χ0n) is 14.4. The molecule has 1 fully saturated rings. The van der Waals surface area contributed by atoms with Gasteiger partial charge < -0.3 is 0 Å². The summed E-state index contributed by atoms with van der Waals surface area (Å²) in [6, 6.07) is 14.4. The maximum absolute atomic E-state index is 11.1. The number of nitrogens with zero attached hydrogens (tertiary/aromatic N) is 2. The molecule has 0 saturated carbocycles. The molecule has 1 saturated heterocycles. The summed E-state index contributed by atoms with van der Waals surface area (Å²) in [6.45, 7) is 2.07. The molecular formula is C20H22BrClN2O2. The van der Waals surface area contributed by atoms with Crippen molar-refractivity contribution in [2.45, 2.75) is 38.3 Å². The van der Waals surface area contributed by atoms with E-state index in [1.807, 2.05) is 6.07 Å². The molecule has 0 radical (unpaired) electrons. The molecule has 138 valence electrons. The van der Waals surface area contributed by atoms with Crippen LogP contribution in [-0.4, -0.2) is 22.4 Å². The predicted octanol–water partition coefficient (Wildman–Crippen LogP) is 5.16. The molecule has 2 aromatic rings. The quantitative estimate of drug-likeness (QED) is 0.492. The van der Waals surface area contributed by atoms with Crippen LogP contribution in [0, 0.1) is 16.0 Å². The average molecular weight is 438 g/mol. The molecule has 3 aliphatic rings. The highest BCUT2D eigenvalue weighted by molar-refractivity contribution is 9.10. The summed E-state index contributed by atoms with van der Waals surface area (Å²) in [5.74, 6) is 0.643. The van der Waals surface area contributed by atoms with Crippen LogP contribution in [0.4, 0.5) is 5.69 Å². The average Bonchev–Trinajstić information content (AvgIpc) is 2.55. The first-order valence-corrected chi connectivity index (χ1v) is 9.62. The van der Waals surface area contributed by atoms with E-state index in [9.17, 15) is 10.1 Å². The van der Waals surface area contributed by atoms with Crippen molar-refractivity contribution in [3.8, 4) is 0 Å². The van der Waals surface area contributed by atoms with Gasteiger partial charge >= 0.3 is 0 Å². The smallest absolute Gasteiger partial charge is 0.269 e. The summed E-state index contributed by atoms with van der Waals surface area (Å²) in [6.07, 6.45) is 4.39. The Morgan fingerprint density at radius 1 is 1.12 bits per heavy atom. The summed E-state index contributed by atoms with van der Waals surface area (Å²) in [5, 5.41) is 11.1. The monoisotopic (exact) mass is 436 g/mol. The number of nitro benzene ring substituents is 1. The highest BCUT2D eigenvalue weighted by Gasteiger charge is 2.32. The summed E-state index contributed by atoms with van der Waals surface area (Å²) < 4.78 is 1.11. The van der Waals surface area contributed by atoms with E-state index >= 15 is 0 Å². The van der Waals surface area contributed by atoms with Gasteiger partial charge in [0.2, 0.25) is 0 Å². The van der Waals surface area contributed by atoms with Crippen LogP contribution < -0.4 is 0 Å². The normalized spacial score (nSPS) is 22.0. The summed E-state index contributed by atoms with van der Waals surface area (Å²) in [4.78, 5) is 13.4. The Morgan fingerprint density at radius 2 is 1.96 bits per heavy atom. The first-order valence-electron chi connectivity index (χ1n) is 8.83. The summed E-state index contributed by atoms with van der Waals surface area (Å²) >= 11 is 3.56. The third-order valence-electron chi connectivity index (χ3n) is 5.56. The van der Waals surface area contributed by atoms with Crippen LogP contribution in [0.15, 0.2) is 46.9 Å². The van der Waals surface area contributed by atoms with Gasteiger partial charge in [-0.25, -0.2) is 0 Å². The molecule has 2 heterocycles. The van der Waals surface area contributed by atoms with Crippen LogP contribution in [0.3, 0.4) is 0 Å². The molecule has 0 aromatic heterocycles. The van der Waals surface area contributed by atoms with E-state index in [2.05, 4.69) is 45.1 Å². The molecule has 26 heavy (non-hydrogen) atoms. The summed E-state index contributed by atoms with van der Waals surface area (Å²) in [7, 11) is 0. The maximum atomic E-state index is 11.1. The molecule has 2 atom stereocenters. The Kier molecular flexibility index (Phi) is 6.00. The van der Waals surface area contributed by atoms with Crippen LogP contribution in [-0.2, 0) is 19.4 Å². The first kappa shape index (κ1) is 19.3. The SMILES string of the molecule is Cl.O=[N+]([O-])c1ccc2c(c1)CC1CCC(C2)CN1Cc1cccc(Br)c1. The Hall–Kier alpha value is -1.43. The lowest BCUT2D eigenvalue weighted by Crippen LogP contribution is -2.46. The van der Waals surface area contributed by atoms with E-state index in [0.717, 1.165) is 30.4 Å². The second-order valence-corrected chi connectivity index (χ2v) is 8.19. The molecule has 2 aromatic carbocycles. The van der Waals surface area contributed by atoms with Gasteiger partial charge in [-0.2, -0.15) is 0 Å². The van der Waals surface area contributed by atoms with Crippen LogP contribution in [0.1, 0.15) is 29.5 Å². The minimum atomic E-state index is -0.281. The second kappa shape index (κ2) is 8.07. The Morgan fingerprint density at radius 3 is 2.73 bits per heavy atom. The molecule has 0 spiro atoms. The fourth-order valence-electron chi connectivity index (χ4n) is 4.32. The van der Waals surface area contributed by atoms with E-state index in [0.29, 0.717) is 12.0 Å². The van der Waals surface area contributed by atoms with Crippen LogP contribution in [0.25, 0.3) is 0 Å². The van der Waals surface area contributed by atoms with E-state index < -0.39 is 0 Å².